The van der Waals surface area contributed by atoms with Crippen molar-refractivity contribution in [2.24, 2.45) is 0 Å². The Bertz CT molecular complexity index is 968. The van der Waals surface area contributed by atoms with E-state index in [0.29, 0.717) is 6.04 Å². The highest BCUT2D eigenvalue weighted by Gasteiger charge is 2.23. The first-order valence-corrected chi connectivity index (χ1v) is 10.3. The summed E-state index contributed by atoms with van der Waals surface area (Å²) in [5, 5.41) is 5.80. The van der Waals surface area contributed by atoms with Crippen LogP contribution in [0.5, 0.6) is 0 Å². The topological polar surface area (TPSA) is 47.6 Å². The Balaban J connectivity index is 1.32. The zero-order valence-electron chi connectivity index (χ0n) is 17.5. The van der Waals surface area contributed by atoms with Gasteiger partial charge in [0.05, 0.1) is 0 Å². The van der Waals surface area contributed by atoms with Gasteiger partial charge in [-0.05, 0) is 68.0 Å². The Hall–Kier alpha value is -3.31. The molecule has 3 aromatic carbocycles. The van der Waals surface area contributed by atoms with Crippen molar-refractivity contribution in [2.75, 3.05) is 42.7 Å². The maximum atomic E-state index is 12.4. The van der Waals surface area contributed by atoms with E-state index in [1.807, 2.05) is 54.6 Å². The molecule has 154 valence electrons. The molecule has 5 heteroatoms. The van der Waals surface area contributed by atoms with Crippen LogP contribution in [0.4, 0.5) is 21.9 Å². The van der Waals surface area contributed by atoms with Gasteiger partial charge >= 0.3 is 6.03 Å². The number of nitrogens with zero attached hydrogens (tertiary/aromatic N) is 2. The highest BCUT2D eigenvalue weighted by atomic mass is 16.2. The van der Waals surface area contributed by atoms with Gasteiger partial charge in [-0.1, -0.05) is 42.5 Å². The van der Waals surface area contributed by atoms with Crippen LogP contribution < -0.4 is 15.5 Å². The molecule has 1 aliphatic heterocycles. The van der Waals surface area contributed by atoms with Crippen molar-refractivity contribution in [3.63, 3.8) is 0 Å². The van der Waals surface area contributed by atoms with E-state index < -0.39 is 0 Å². The molecule has 0 bridgehead atoms. The third kappa shape index (κ3) is 4.81. The van der Waals surface area contributed by atoms with Gasteiger partial charge in [0.15, 0.2) is 0 Å². The number of benzene rings is 3. The Morgan fingerprint density at radius 2 is 1.40 bits per heavy atom. The van der Waals surface area contributed by atoms with Crippen LogP contribution in [-0.4, -0.2) is 44.2 Å². The summed E-state index contributed by atoms with van der Waals surface area (Å²) in [7, 11) is 4.27. The van der Waals surface area contributed by atoms with E-state index in [1.165, 1.54) is 12.1 Å². The van der Waals surface area contributed by atoms with E-state index in [4.69, 9.17) is 0 Å². The normalized spacial score (nSPS) is 16.0. The monoisotopic (exact) mass is 400 g/mol. The van der Waals surface area contributed by atoms with Gasteiger partial charge in [-0.15, -0.1) is 0 Å². The minimum atomic E-state index is -0.246. The molecule has 0 saturated carbocycles. The van der Waals surface area contributed by atoms with Gasteiger partial charge in [-0.2, -0.15) is 0 Å². The maximum absolute atomic E-state index is 12.4. The molecule has 1 saturated heterocycles. The molecule has 30 heavy (non-hydrogen) atoms. The largest absolute Gasteiger partial charge is 0.370 e. The summed E-state index contributed by atoms with van der Waals surface area (Å²) in [5.41, 5.74) is 5.01. The molecule has 0 spiro atoms. The lowest BCUT2D eigenvalue weighted by molar-refractivity contribution is 0.262. The molecule has 5 nitrogen and oxygen atoms in total. The first kappa shape index (κ1) is 20.0. The second kappa shape index (κ2) is 9.01. The highest BCUT2D eigenvalue weighted by molar-refractivity contribution is 6.00. The number of likely N-dealkylation sites (N-methyl/N-ethyl adjacent to an activating group) is 1. The molecule has 4 rings (SSSR count). The number of rotatable bonds is 5. The van der Waals surface area contributed by atoms with E-state index >= 15 is 0 Å². The lowest BCUT2D eigenvalue weighted by Crippen LogP contribution is -2.31. The number of nitrogens with one attached hydrogen (secondary N) is 2. The fraction of sp³-hybridized carbons (Fsp3) is 0.240. The molecular weight excluding hydrogens is 372 g/mol. The van der Waals surface area contributed by atoms with Crippen molar-refractivity contribution in [3.05, 3.63) is 78.9 Å². The zero-order valence-corrected chi connectivity index (χ0v) is 17.5. The fourth-order valence-corrected chi connectivity index (χ4v) is 3.82. The van der Waals surface area contributed by atoms with Crippen molar-refractivity contribution in [1.82, 2.24) is 4.90 Å². The van der Waals surface area contributed by atoms with Crippen LogP contribution in [0.2, 0.25) is 0 Å². The third-order valence-corrected chi connectivity index (χ3v) is 5.63. The van der Waals surface area contributed by atoms with Gasteiger partial charge < -0.3 is 20.4 Å². The number of carbonyl (C=O) groups is 1. The van der Waals surface area contributed by atoms with Gasteiger partial charge in [-0.3, -0.25) is 0 Å². The van der Waals surface area contributed by atoms with Crippen molar-refractivity contribution in [1.29, 1.82) is 0 Å². The summed E-state index contributed by atoms with van der Waals surface area (Å²) in [4.78, 5) is 17.0. The van der Waals surface area contributed by atoms with Crippen molar-refractivity contribution in [3.8, 4) is 11.1 Å². The Morgan fingerprint density at radius 3 is 1.97 bits per heavy atom. The molecular formula is C25H28N4O. The Morgan fingerprint density at radius 1 is 0.833 bits per heavy atom. The number of hydrogen-bond donors (Lipinski definition) is 2. The van der Waals surface area contributed by atoms with Gasteiger partial charge in [0.25, 0.3) is 0 Å². The number of anilines is 3. The van der Waals surface area contributed by atoms with Gasteiger partial charge in [0, 0.05) is 36.2 Å². The number of hydrogen-bond acceptors (Lipinski definition) is 3. The molecule has 1 heterocycles. The maximum Gasteiger partial charge on any atom is 0.323 e. The van der Waals surface area contributed by atoms with Crippen LogP contribution in [-0.2, 0) is 0 Å². The van der Waals surface area contributed by atoms with Crippen LogP contribution >= 0.6 is 0 Å². The summed E-state index contributed by atoms with van der Waals surface area (Å²) < 4.78 is 0. The van der Waals surface area contributed by atoms with Crippen molar-refractivity contribution in [2.45, 2.75) is 12.5 Å². The van der Waals surface area contributed by atoms with Crippen molar-refractivity contribution < 1.29 is 4.79 Å². The predicted octanol–water partition coefficient (Wildman–Crippen LogP) is 5.14. The molecule has 2 N–H and O–H groups in total. The molecule has 1 atom stereocenters. The molecule has 0 aliphatic carbocycles. The molecule has 1 aliphatic rings. The number of amides is 2. The molecule has 0 radical (unpaired) electrons. The van der Waals surface area contributed by atoms with E-state index in [1.54, 1.807) is 0 Å². The molecule has 1 fully saturated rings. The summed E-state index contributed by atoms with van der Waals surface area (Å²) in [6.45, 7) is 2.11. The first-order valence-electron chi connectivity index (χ1n) is 10.3. The number of carbonyl (C=O) groups excluding carboxylic acids is 1. The van der Waals surface area contributed by atoms with E-state index in [-0.39, 0.29) is 6.03 Å². The summed E-state index contributed by atoms with van der Waals surface area (Å²) in [6.07, 6.45) is 1.18. The summed E-state index contributed by atoms with van der Waals surface area (Å²) in [5.74, 6) is 0. The lowest BCUT2D eigenvalue weighted by atomic mass is 10.1. The fourth-order valence-electron chi connectivity index (χ4n) is 3.82. The van der Waals surface area contributed by atoms with Gasteiger partial charge in [0.1, 0.15) is 0 Å². The van der Waals surface area contributed by atoms with Crippen LogP contribution in [0.3, 0.4) is 0 Å². The number of urea groups is 1. The van der Waals surface area contributed by atoms with Crippen LogP contribution in [0.15, 0.2) is 78.9 Å². The van der Waals surface area contributed by atoms with Crippen LogP contribution in [0, 0.1) is 0 Å². The second-order valence-electron chi connectivity index (χ2n) is 7.92. The SMILES string of the molecule is CN(C)C1CCN(c2ccc(NC(=O)Nc3ccc(-c4ccccc4)cc3)cc2)C1. The first-order chi connectivity index (χ1) is 14.6. The average Bonchev–Trinajstić information content (AvgIpc) is 3.26. The minimum absolute atomic E-state index is 0.246. The zero-order chi connectivity index (χ0) is 20.9. The van der Waals surface area contributed by atoms with E-state index in [9.17, 15) is 4.79 Å². The third-order valence-electron chi connectivity index (χ3n) is 5.63. The lowest BCUT2D eigenvalue weighted by Gasteiger charge is -2.22. The van der Waals surface area contributed by atoms with Crippen molar-refractivity contribution >= 4 is 23.1 Å². The van der Waals surface area contributed by atoms with E-state index in [0.717, 1.165) is 35.6 Å². The summed E-state index contributed by atoms with van der Waals surface area (Å²) >= 11 is 0. The predicted molar refractivity (Wildman–Crippen MR) is 125 cm³/mol. The van der Waals surface area contributed by atoms with Crippen LogP contribution in [0.25, 0.3) is 11.1 Å². The molecule has 1 unspecified atom stereocenters. The minimum Gasteiger partial charge on any atom is -0.370 e. The van der Waals surface area contributed by atoms with Gasteiger partial charge in [0.2, 0.25) is 0 Å². The molecule has 0 aromatic heterocycles. The highest BCUT2D eigenvalue weighted by Crippen LogP contribution is 2.24. The molecule has 3 aromatic rings. The smallest absolute Gasteiger partial charge is 0.323 e. The summed E-state index contributed by atoms with van der Waals surface area (Å²) in [6, 6.07) is 26.4. The Labute approximate surface area is 178 Å². The second-order valence-corrected chi connectivity index (χ2v) is 7.92. The van der Waals surface area contributed by atoms with Crippen LogP contribution in [0.1, 0.15) is 6.42 Å². The van der Waals surface area contributed by atoms with Gasteiger partial charge in [-0.25, -0.2) is 4.79 Å². The average molecular weight is 401 g/mol. The van der Waals surface area contributed by atoms with E-state index in [2.05, 4.69) is 58.8 Å². The Kier molecular flexibility index (Phi) is 6.00. The standard InChI is InChI=1S/C25H28N4O/c1-28(2)24-16-17-29(18-24)23-14-12-22(13-15-23)27-25(30)26-21-10-8-20(9-11-21)19-6-4-3-5-7-19/h3-15,24H,16-18H2,1-2H3,(H2,26,27,30). The quantitative estimate of drug-likeness (QED) is 0.624. The molecule has 2 amide bonds.